The van der Waals surface area contributed by atoms with Gasteiger partial charge in [-0.15, -0.1) is 12.6 Å². The number of benzene rings is 2. The van der Waals surface area contributed by atoms with Crippen LogP contribution in [0.3, 0.4) is 0 Å². The number of esters is 2. The van der Waals surface area contributed by atoms with Gasteiger partial charge in [0.2, 0.25) is 0 Å². The van der Waals surface area contributed by atoms with E-state index in [1.54, 1.807) is 24.3 Å². The van der Waals surface area contributed by atoms with Crippen molar-refractivity contribution in [3.63, 3.8) is 0 Å². The molecule has 0 spiro atoms. The molecular weight excluding hydrogens is 344 g/mol. The molecule has 130 valence electrons. The number of urea groups is 1. The Bertz CT molecular complexity index is 822. The summed E-state index contributed by atoms with van der Waals surface area (Å²) < 4.78 is 9.32. The van der Waals surface area contributed by atoms with Crippen LogP contribution in [0.15, 0.2) is 47.4 Å². The third-order valence-electron chi connectivity index (χ3n) is 3.25. The molecule has 2 aromatic carbocycles. The predicted molar refractivity (Wildman–Crippen MR) is 95.5 cm³/mol. The second kappa shape index (κ2) is 8.20. The molecule has 0 heterocycles. The maximum atomic E-state index is 12.2. The van der Waals surface area contributed by atoms with Crippen molar-refractivity contribution < 1.29 is 23.9 Å². The molecule has 0 aliphatic heterocycles. The Morgan fingerprint density at radius 1 is 0.880 bits per heavy atom. The van der Waals surface area contributed by atoms with Crippen molar-refractivity contribution in [1.29, 1.82) is 0 Å². The van der Waals surface area contributed by atoms with Crippen molar-refractivity contribution in [2.24, 2.45) is 0 Å². The Balaban J connectivity index is 2.29. The lowest BCUT2D eigenvalue weighted by Gasteiger charge is -2.13. The Kier molecular flexibility index (Phi) is 6.02. The van der Waals surface area contributed by atoms with Gasteiger partial charge in [-0.2, -0.15) is 0 Å². The van der Waals surface area contributed by atoms with Crippen LogP contribution >= 0.6 is 12.6 Å². The van der Waals surface area contributed by atoms with Crippen LogP contribution in [0.2, 0.25) is 0 Å². The van der Waals surface area contributed by atoms with Crippen molar-refractivity contribution >= 4 is 42.0 Å². The minimum Gasteiger partial charge on any atom is -0.465 e. The highest BCUT2D eigenvalue weighted by Crippen LogP contribution is 2.22. The van der Waals surface area contributed by atoms with Gasteiger partial charge in [0.1, 0.15) is 0 Å². The highest BCUT2D eigenvalue weighted by Gasteiger charge is 2.17. The van der Waals surface area contributed by atoms with Gasteiger partial charge in [-0.05, 0) is 30.3 Å². The highest BCUT2D eigenvalue weighted by molar-refractivity contribution is 7.80. The van der Waals surface area contributed by atoms with E-state index in [0.29, 0.717) is 10.6 Å². The van der Waals surface area contributed by atoms with E-state index in [1.807, 2.05) is 0 Å². The average Bonchev–Trinajstić information content (AvgIpc) is 2.62. The van der Waals surface area contributed by atoms with Crippen LogP contribution in [0, 0.1) is 0 Å². The Labute approximate surface area is 149 Å². The SMILES string of the molecule is COC(=O)c1ccc(C(=O)OC)c(NC(=O)Nc2ccccc2S)c1. The molecule has 0 aliphatic carbocycles. The van der Waals surface area contributed by atoms with Crippen molar-refractivity contribution in [3.8, 4) is 0 Å². The highest BCUT2D eigenvalue weighted by atomic mass is 32.1. The number of hydrogen-bond donors (Lipinski definition) is 3. The van der Waals surface area contributed by atoms with Crippen molar-refractivity contribution in [2.75, 3.05) is 24.9 Å². The summed E-state index contributed by atoms with van der Waals surface area (Å²) in [6.07, 6.45) is 0. The van der Waals surface area contributed by atoms with Crippen molar-refractivity contribution in [1.82, 2.24) is 0 Å². The average molecular weight is 360 g/mol. The van der Waals surface area contributed by atoms with E-state index in [2.05, 4.69) is 32.7 Å². The third-order valence-corrected chi connectivity index (χ3v) is 3.64. The zero-order valence-corrected chi connectivity index (χ0v) is 14.4. The van der Waals surface area contributed by atoms with E-state index in [4.69, 9.17) is 0 Å². The summed E-state index contributed by atoms with van der Waals surface area (Å²) >= 11 is 4.24. The van der Waals surface area contributed by atoms with Gasteiger partial charge in [-0.25, -0.2) is 14.4 Å². The number of hydrogen-bond acceptors (Lipinski definition) is 6. The lowest BCUT2D eigenvalue weighted by Crippen LogP contribution is -2.22. The number of ether oxygens (including phenoxy) is 2. The van der Waals surface area contributed by atoms with Crippen LogP contribution < -0.4 is 10.6 Å². The molecule has 2 N–H and O–H groups in total. The summed E-state index contributed by atoms with van der Waals surface area (Å²) in [6, 6.07) is 10.4. The molecule has 0 unspecified atom stereocenters. The summed E-state index contributed by atoms with van der Waals surface area (Å²) in [7, 11) is 2.46. The summed E-state index contributed by atoms with van der Waals surface area (Å²) in [4.78, 5) is 36.3. The monoisotopic (exact) mass is 360 g/mol. The van der Waals surface area contributed by atoms with Crippen LogP contribution in [-0.2, 0) is 9.47 Å². The van der Waals surface area contributed by atoms with E-state index in [1.165, 1.54) is 32.4 Å². The number of carbonyl (C=O) groups is 3. The predicted octanol–water partition coefficient (Wildman–Crippen LogP) is 3.19. The number of nitrogens with one attached hydrogen (secondary N) is 2. The maximum absolute atomic E-state index is 12.2. The number of anilines is 2. The van der Waals surface area contributed by atoms with E-state index in [0.717, 1.165) is 0 Å². The molecule has 0 aromatic heterocycles. The fourth-order valence-corrected chi connectivity index (χ4v) is 2.25. The van der Waals surface area contributed by atoms with E-state index in [-0.39, 0.29) is 16.8 Å². The summed E-state index contributed by atoms with van der Waals surface area (Å²) in [5.74, 6) is -1.25. The second-order valence-electron chi connectivity index (χ2n) is 4.84. The largest absolute Gasteiger partial charge is 0.465 e. The quantitative estimate of drug-likeness (QED) is 0.575. The first-order valence-corrected chi connectivity index (χ1v) is 7.57. The molecular formula is C17H16N2O5S. The van der Waals surface area contributed by atoms with Gasteiger partial charge in [0.05, 0.1) is 36.7 Å². The number of thiol groups is 1. The number of amides is 2. The molecule has 0 fully saturated rings. The Morgan fingerprint density at radius 2 is 1.52 bits per heavy atom. The molecule has 2 aromatic rings. The molecule has 2 amide bonds. The Morgan fingerprint density at radius 3 is 2.16 bits per heavy atom. The first kappa shape index (κ1) is 18.3. The van der Waals surface area contributed by atoms with Crippen molar-refractivity contribution in [3.05, 3.63) is 53.6 Å². The molecule has 0 saturated carbocycles. The molecule has 0 aliphatic rings. The zero-order chi connectivity index (χ0) is 18.4. The van der Waals surface area contributed by atoms with Gasteiger partial charge >= 0.3 is 18.0 Å². The first-order chi connectivity index (χ1) is 12.0. The number of methoxy groups -OCH3 is 2. The van der Waals surface area contributed by atoms with Gasteiger partial charge in [0.25, 0.3) is 0 Å². The Hall–Kier alpha value is -3.00. The topological polar surface area (TPSA) is 93.7 Å². The summed E-state index contributed by atoms with van der Waals surface area (Å²) in [6.45, 7) is 0. The smallest absolute Gasteiger partial charge is 0.339 e. The van der Waals surface area contributed by atoms with Gasteiger partial charge in [-0.1, -0.05) is 12.1 Å². The number of para-hydroxylation sites is 1. The van der Waals surface area contributed by atoms with Crippen LogP contribution in [0.1, 0.15) is 20.7 Å². The fraction of sp³-hybridized carbons (Fsp3) is 0.118. The normalized spacial score (nSPS) is 9.88. The van der Waals surface area contributed by atoms with E-state index < -0.39 is 18.0 Å². The molecule has 0 atom stereocenters. The van der Waals surface area contributed by atoms with Crippen LogP contribution in [0.5, 0.6) is 0 Å². The lowest BCUT2D eigenvalue weighted by molar-refractivity contribution is 0.0587. The van der Waals surface area contributed by atoms with Gasteiger partial charge in [0.15, 0.2) is 0 Å². The molecule has 0 bridgehead atoms. The second-order valence-corrected chi connectivity index (χ2v) is 5.32. The third kappa shape index (κ3) is 4.51. The number of rotatable bonds is 4. The minimum absolute atomic E-state index is 0.101. The van der Waals surface area contributed by atoms with Gasteiger partial charge < -0.3 is 20.1 Å². The van der Waals surface area contributed by atoms with E-state index >= 15 is 0 Å². The molecule has 25 heavy (non-hydrogen) atoms. The molecule has 2 rings (SSSR count). The van der Waals surface area contributed by atoms with Crippen molar-refractivity contribution in [2.45, 2.75) is 4.90 Å². The van der Waals surface area contributed by atoms with Crippen LogP contribution in [0.25, 0.3) is 0 Å². The minimum atomic E-state index is -0.652. The molecule has 7 nitrogen and oxygen atoms in total. The van der Waals surface area contributed by atoms with Crippen LogP contribution in [0.4, 0.5) is 16.2 Å². The fourth-order valence-electron chi connectivity index (χ4n) is 2.04. The molecule has 0 saturated heterocycles. The van der Waals surface area contributed by atoms with Gasteiger partial charge in [-0.3, -0.25) is 0 Å². The van der Waals surface area contributed by atoms with E-state index in [9.17, 15) is 14.4 Å². The lowest BCUT2D eigenvalue weighted by atomic mass is 10.1. The summed E-state index contributed by atoms with van der Waals surface area (Å²) in [5, 5.41) is 5.14. The zero-order valence-electron chi connectivity index (χ0n) is 13.5. The number of carbonyl (C=O) groups excluding carboxylic acids is 3. The van der Waals surface area contributed by atoms with Crippen LogP contribution in [-0.4, -0.2) is 32.2 Å². The maximum Gasteiger partial charge on any atom is 0.339 e. The first-order valence-electron chi connectivity index (χ1n) is 7.13. The standard InChI is InChI=1S/C17H16N2O5S/c1-23-15(20)10-7-8-11(16(21)24-2)13(9-10)19-17(22)18-12-5-3-4-6-14(12)25/h3-9,25H,1-2H3,(H2,18,19,22). The molecule has 0 radical (unpaired) electrons. The molecule has 8 heteroatoms. The van der Waals surface area contributed by atoms with Gasteiger partial charge in [0, 0.05) is 4.90 Å². The summed E-state index contributed by atoms with van der Waals surface area (Å²) in [5.41, 5.74) is 0.889.